The normalized spacial score (nSPS) is 25.2. The highest BCUT2D eigenvalue weighted by molar-refractivity contribution is 5.31. The molecule has 2 rings (SSSR count). The number of benzene rings is 1. The largest absolute Gasteiger partial charge is 0.673 e. The van der Waals surface area contributed by atoms with Crippen LogP contribution in [0.1, 0.15) is 17.0 Å². The first kappa shape index (κ1) is 12.3. The highest BCUT2D eigenvalue weighted by Gasteiger charge is 2.34. The lowest BCUT2D eigenvalue weighted by Crippen LogP contribution is -2.14. The fourth-order valence-corrected chi connectivity index (χ4v) is 2.02. The molecule has 2 nitrogen and oxygen atoms in total. The Morgan fingerprint density at radius 1 is 1.24 bits per heavy atom. The van der Waals surface area contributed by atoms with Crippen LogP contribution in [0.2, 0.25) is 0 Å². The molecule has 1 saturated heterocycles. The van der Waals surface area contributed by atoms with Crippen LogP contribution in [0.15, 0.2) is 18.2 Å². The van der Waals surface area contributed by atoms with Gasteiger partial charge in [-0.3, -0.25) is 0 Å². The number of hydrogen-bond donors (Lipinski definition) is 1. The van der Waals surface area contributed by atoms with Crippen LogP contribution < -0.4 is 5.32 Å². The maximum absolute atomic E-state index is 13.3. The standard InChI is InChI=1S/C11H11F4N2/c12-9-3-6(7-4-17-5-10(7)16)1-2-8(9)11(13,14)15/h1-3,7,10,16-17H,4-5H2/q-1/t7-,10+/m0/s1. The first-order valence-electron chi connectivity index (χ1n) is 5.18. The van der Waals surface area contributed by atoms with E-state index in [4.69, 9.17) is 5.73 Å². The van der Waals surface area contributed by atoms with Crippen molar-refractivity contribution < 1.29 is 17.6 Å². The third kappa shape index (κ3) is 2.42. The second kappa shape index (κ2) is 4.27. The summed E-state index contributed by atoms with van der Waals surface area (Å²) < 4.78 is 50.4. The first-order valence-corrected chi connectivity index (χ1v) is 5.18. The zero-order chi connectivity index (χ0) is 12.6. The average molecular weight is 247 g/mol. The Balaban J connectivity index is 2.31. The highest BCUT2D eigenvalue weighted by Crippen LogP contribution is 2.33. The van der Waals surface area contributed by atoms with Gasteiger partial charge in [0.1, 0.15) is 5.82 Å². The Bertz CT molecular complexity index is 416. The van der Waals surface area contributed by atoms with E-state index in [1.165, 1.54) is 6.07 Å². The summed E-state index contributed by atoms with van der Waals surface area (Å²) in [6, 6.07) is 2.45. The minimum absolute atomic E-state index is 0.244. The number of alkyl halides is 3. The molecule has 94 valence electrons. The smallest absolute Gasteiger partial charge is 0.419 e. The summed E-state index contributed by atoms with van der Waals surface area (Å²) in [5.41, 5.74) is 6.86. The van der Waals surface area contributed by atoms with Crippen LogP contribution in [-0.4, -0.2) is 19.1 Å². The Kier molecular flexibility index (Phi) is 3.09. The van der Waals surface area contributed by atoms with Gasteiger partial charge >= 0.3 is 6.18 Å². The van der Waals surface area contributed by atoms with Gasteiger partial charge in [0.25, 0.3) is 0 Å². The monoisotopic (exact) mass is 247 g/mol. The van der Waals surface area contributed by atoms with E-state index in [1.807, 2.05) is 0 Å². The second-order valence-electron chi connectivity index (χ2n) is 4.11. The zero-order valence-corrected chi connectivity index (χ0v) is 8.81. The molecule has 0 bridgehead atoms. The zero-order valence-electron chi connectivity index (χ0n) is 8.81. The maximum atomic E-state index is 13.3. The van der Waals surface area contributed by atoms with Crippen molar-refractivity contribution in [3.05, 3.63) is 40.9 Å². The molecule has 0 aromatic heterocycles. The summed E-state index contributed by atoms with van der Waals surface area (Å²) in [5.74, 6) is -1.51. The summed E-state index contributed by atoms with van der Waals surface area (Å²) in [7, 11) is 0. The Morgan fingerprint density at radius 2 is 1.94 bits per heavy atom. The highest BCUT2D eigenvalue weighted by atomic mass is 19.4. The molecule has 0 spiro atoms. The van der Waals surface area contributed by atoms with E-state index in [0.29, 0.717) is 18.7 Å². The molecule has 2 atom stereocenters. The van der Waals surface area contributed by atoms with Crippen LogP contribution >= 0.6 is 0 Å². The predicted octanol–water partition coefficient (Wildman–Crippen LogP) is 2.95. The van der Waals surface area contributed by atoms with E-state index in [9.17, 15) is 17.6 Å². The van der Waals surface area contributed by atoms with Gasteiger partial charge in [-0.05, 0) is 30.2 Å². The van der Waals surface area contributed by atoms with Crippen LogP contribution in [0.5, 0.6) is 0 Å². The Labute approximate surface area is 95.8 Å². The van der Waals surface area contributed by atoms with Crippen LogP contribution in [-0.2, 0) is 6.18 Å². The molecule has 1 fully saturated rings. The summed E-state index contributed by atoms with van der Waals surface area (Å²) >= 11 is 0. The topological polar surface area (TPSA) is 35.8 Å². The third-order valence-corrected chi connectivity index (χ3v) is 2.94. The molecule has 0 unspecified atom stereocenters. The van der Waals surface area contributed by atoms with Crippen LogP contribution in [0.4, 0.5) is 17.6 Å². The van der Waals surface area contributed by atoms with Crippen molar-refractivity contribution in [2.75, 3.05) is 13.1 Å². The van der Waals surface area contributed by atoms with Crippen molar-refractivity contribution in [1.82, 2.24) is 5.32 Å². The molecule has 1 aromatic rings. The first-order chi connectivity index (χ1) is 7.89. The van der Waals surface area contributed by atoms with Crippen molar-refractivity contribution in [2.24, 2.45) is 0 Å². The lowest BCUT2D eigenvalue weighted by molar-refractivity contribution is -0.140. The van der Waals surface area contributed by atoms with Crippen LogP contribution in [0.3, 0.4) is 0 Å². The number of rotatable bonds is 1. The number of halogens is 4. The fourth-order valence-electron chi connectivity index (χ4n) is 2.02. The van der Waals surface area contributed by atoms with E-state index >= 15 is 0 Å². The van der Waals surface area contributed by atoms with Crippen molar-refractivity contribution in [1.29, 1.82) is 0 Å². The van der Waals surface area contributed by atoms with Crippen LogP contribution in [0.25, 0.3) is 5.73 Å². The molecule has 0 aliphatic carbocycles. The van der Waals surface area contributed by atoms with Gasteiger partial charge in [0.05, 0.1) is 5.56 Å². The molecule has 1 aliphatic rings. The van der Waals surface area contributed by atoms with Gasteiger partial charge in [-0.25, -0.2) is 4.39 Å². The molecule has 1 aromatic carbocycles. The minimum atomic E-state index is -4.67. The minimum Gasteiger partial charge on any atom is -0.673 e. The predicted molar refractivity (Wildman–Crippen MR) is 55.1 cm³/mol. The van der Waals surface area contributed by atoms with Gasteiger partial charge in [-0.2, -0.15) is 13.2 Å². The number of hydrogen-bond acceptors (Lipinski definition) is 1. The van der Waals surface area contributed by atoms with Crippen LogP contribution in [0, 0.1) is 5.82 Å². The van der Waals surface area contributed by atoms with Crippen molar-refractivity contribution in [3.8, 4) is 0 Å². The molecule has 17 heavy (non-hydrogen) atoms. The molecule has 0 saturated carbocycles. The summed E-state index contributed by atoms with van der Waals surface area (Å²) in [6.07, 6.45) is -4.67. The van der Waals surface area contributed by atoms with Gasteiger partial charge in [-0.15, -0.1) is 6.04 Å². The van der Waals surface area contributed by atoms with Gasteiger partial charge in [-0.1, -0.05) is 6.07 Å². The average Bonchev–Trinajstić information content (AvgIpc) is 2.62. The summed E-state index contributed by atoms with van der Waals surface area (Å²) in [5, 5.41) is 2.95. The number of nitrogens with one attached hydrogen (secondary N) is 2. The molecule has 6 heteroatoms. The van der Waals surface area contributed by atoms with Gasteiger partial charge in [0, 0.05) is 6.54 Å². The van der Waals surface area contributed by atoms with E-state index in [1.54, 1.807) is 0 Å². The fraction of sp³-hybridized carbons (Fsp3) is 0.455. The van der Waals surface area contributed by atoms with E-state index in [-0.39, 0.29) is 5.92 Å². The van der Waals surface area contributed by atoms with E-state index < -0.39 is 23.6 Å². The Hall–Kier alpha value is -1.14. The van der Waals surface area contributed by atoms with Crippen molar-refractivity contribution >= 4 is 0 Å². The molecule has 0 radical (unpaired) electrons. The molecule has 1 heterocycles. The molecular weight excluding hydrogens is 236 g/mol. The second-order valence-corrected chi connectivity index (χ2v) is 4.11. The summed E-state index contributed by atoms with van der Waals surface area (Å²) in [6.45, 7) is 0.978. The van der Waals surface area contributed by atoms with Crippen molar-refractivity contribution in [3.63, 3.8) is 0 Å². The SMILES string of the molecule is [NH-][C@@H]1CNC[C@H]1c1ccc(C(F)(F)F)c(F)c1. The Morgan fingerprint density at radius 3 is 2.41 bits per heavy atom. The lowest BCUT2D eigenvalue weighted by atomic mass is 9.94. The van der Waals surface area contributed by atoms with Gasteiger partial charge < -0.3 is 11.1 Å². The van der Waals surface area contributed by atoms with Gasteiger partial charge in [0.2, 0.25) is 0 Å². The lowest BCUT2D eigenvalue weighted by Gasteiger charge is -2.22. The molecule has 0 amide bonds. The molecular formula is C11H11F4N2-. The van der Waals surface area contributed by atoms with Gasteiger partial charge in [0.15, 0.2) is 0 Å². The van der Waals surface area contributed by atoms with E-state index in [2.05, 4.69) is 5.32 Å². The summed E-state index contributed by atoms with van der Waals surface area (Å²) in [4.78, 5) is 0. The molecule has 1 aliphatic heterocycles. The third-order valence-electron chi connectivity index (χ3n) is 2.94. The maximum Gasteiger partial charge on any atom is 0.419 e. The molecule has 2 N–H and O–H groups in total. The van der Waals surface area contributed by atoms with E-state index in [0.717, 1.165) is 12.1 Å². The van der Waals surface area contributed by atoms with Crippen molar-refractivity contribution in [2.45, 2.75) is 18.1 Å². The quantitative estimate of drug-likeness (QED) is 0.761.